The summed E-state index contributed by atoms with van der Waals surface area (Å²) in [6.45, 7) is 6.32. The fourth-order valence-corrected chi connectivity index (χ4v) is 4.68. The molecule has 0 aromatic rings. The summed E-state index contributed by atoms with van der Waals surface area (Å²) in [5.41, 5.74) is 10.9. The van der Waals surface area contributed by atoms with Crippen molar-refractivity contribution in [2.75, 3.05) is 13.1 Å². The van der Waals surface area contributed by atoms with E-state index in [2.05, 4.69) is 13.8 Å². The first-order valence-corrected chi connectivity index (χ1v) is 16.2. The van der Waals surface area contributed by atoms with Crippen molar-refractivity contribution in [2.24, 2.45) is 11.5 Å². The van der Waals surface area contributed by atoms with Crippen LogP contribution in [0.15, 0.2) is 0 Å². The highest BCUT2D eigenvalue weighted by molar-refractivity contribution is 8.93. The monoisotopic (exact) mass is 598 g/mol. The maximum Gasteiger partial charge on any atom is -0.00773 e. The van der Waals surface area contributed by atoms with Gasteiger partial charge in [0.1, 0.15) is 0 Å². The third kappa shape index (κ3) is 47.8. The molecule has 0 saturated carbocycles. The molecule has 0 saturated heterocycles. The number of hydrogen-bond acceptors (Lipinski definition) is 2. The normalized spacial score (nSPS) is 10.3. The van der Waals surface area contributed by atoms with Crippen LogP contribution in [0.3, 0.4) is 0 Å². The minimum Gasteiger partial charge on any atom is -0.330 e. The van der Waals surface area contributed by atoms with Gasteiger partial charge in [0.05, 0.1) is 0 Å². The second-order valence-electron chi connectivity index (χ2n) is 10.8. The molecule has 4 heteroatoms. The van der Waals surface area contributed by atoms with E-state index in [0.717, 1.165) is 13.1 Å². The van der Waals surface area contributed by atoms with Gasteiger partial charge in [0.25, 0.3) is 0 Å². The second kappa shape index (κ2) is 45.6. The first kappa shape index (κ1) is 43.7. The Morgan fingerprint density at radius 1 is 0.278 bits per heavy atom. The summed E-state index contributed by atoms with van der Waals surface area (Å²) in [4.78, 5) is 0. The summed E-state index contributed by atoms with van der Waals surface area (Å²) in [6.07, 6.45) is 39.7. The van der Waals surface area contributed by atoms with Crippen molar-refractivity contribution in [3.63, 3.8) is 0 Å². The molecule has 0 atom stereocenters. The molecule has 0 aliphatic rings. The summed E-state index contributed by atoms with van der Waals surface area (Å²) < 4.78 is 0. The maximum absolute atomic E-state index is 5.47. The minimum absolute atomic E-state index is 0. The van der Waals surface area contributed by atoms with E-state index in [0.29, 0.717) is 0 Å². The first-order chi connectivity index (χ1) is 16.8. The predicted molar refractivity (Wildman–Crippen MR) is 176 cm³/mol. The lowest BCUT2D eigenvalue weighted by molar-refractivity contribution is 0.536. The van der Waals surface area contributed by atoms with E-state index in [1.165, 1.54) is 180 Å². The predicted octanol–water partition coefficient (Wildman–Crippen LogP) is 11.9. The van der Waals surface area contributed by atoms with Gasteiger partial charge >= 0.3 is 0 Å². The van der Waals surface area contributed by atoms with Crippen LogP contribution in [0.5, 0.6) is 0 Å². The number of hydrogen-bond donors (Lipinski definition) is 2. The molecule has 0 unspecified atom stereocenters. The highest BCUT2D eigenvalue weighted by Crippen LogP contribution is 2.14. The van der Waals surface area contributed by atoms with E-state index < -0.39 is 0 Å². The molecule has 0 heterocycles. The fraction of sp³-hybridized carbons (Fsp3) is 1.00. The molecule has 0 rings (SSSR count). The Morgan fingerprint density at radius 3 is 0.556 bits per heavy atom. The van der Waals surface area contributed by atoms with Crippen molar-refractivity contribution < 1.29 is 0 Å². The van der Waals surface area contributed by atoms with E-state index in [1.807, 2.05) is 0 Å². The molecule has 2 nitrogen and oxygen atoms in total. The lowest BCUT2D eigenvalue weighted by atomic mass is 10.0. The van der Waals surface area contributed by atoms with Crippen molar-refractivity contribution >= 4 is 29.4 Å². The third-order valence-corrected chi connectivity index (χ3v) is 7.12. The molecular weight excluding hydrogens is 528 g/mol. The average Bonchev–Trinajstić information content (AvgIpc) is 2.85. The highest BCUT2D eigenvalue weighted by Gasteiger charge is 1.94. The number of rotatable bonds is 28. The summed E-state index contributed by atoms with van der Waals surface area (Å²) in [5, 5.41) is 0. The van der Waals surface area contributed by atoms with Gasteiger partial charge in [-0.3, -0.25) is 0 Å². The van der Waals surface area contributed by atoms with E-state index in [4.69, 9.17) is 11.5 Å². The van der Waals surface area contributed by atoms with Crippen LogP contribution in [-0.2, 0) is 0 Å². The van der Waals surface area contributed by atoms with E-state index in [-0.39, 0.29) is 29.4 Å². The van der Waals surface area contributed by atoms with Crippen molar-refractivity contribution in [1.82, 2.24) is 0 Å². The van der Waals surface area contributed by atoms with Crippen molar-refractivity contribution in [2.45, 2.75) is 194 Å². The Hall–Kier alpha value is 0.690. The molecule has 36 heavy (non-hydrogen) atoms. The van der Waals surface area contributed by atoms with Gasteiger partial charge in [-0.25, -0.2) is 0 Å². The average molecular weight is 600 g/mol. The first-order valence-electron chi connectivity index (χ1n) is 16.2. The Bertz CT molecular complexity index is 261. The van der Waals surface area contributed by atoms with Gasteiger partial charge in [-0.2, -0.15) is 0 Å². The molecule has 0 aliphatic carbocycles. The third-order valence-electron chi connectivity index (χ3n) is 7.12. The van der Waals surface area contributed by atoms with E-state index >= 15 is 0 Å². The summed E-state index contributed by atoms with van der Waals surface area (Å²) in [7, 11) is 0. The topological polar surface area (TPSA) is 52.0 Å². The lowest BCUT2D eigenvalue weighted by Gasteiger charge is -2.02. The molecule has 0 amide bonds. The molecule has 0 aromatic heterocycles. The van der Waals surface area contributed by atoms with E-state index in [1.54, 1.807) is 0 Å². The smallest absolute Gasteiger partial charge is 0.00773 e. The minimum atomic E-state index is 0. The van der Waals surface area contributed by atoms with Crippen LogP contribution in [-0.4, -0.2) is 13.1 Å². The zero-order valence-electron chi connectivity index (χ0n) is 25.2. The molecule has 224 valence electrons. The van der Waals surface area contributed by atoms with Crippen molar-refractivity contribution in [3.8, 4) is 0 Å². The molecule has 0 fully saturated rings. The molecule has 0 radical (unpaired) electrons. The van der Waals surface area contributed by atoms with Gasteiger partial charge in [-0.1, -0.05) is 181 Å². The number of halogens is 2. The van der Waals surface area contributed by atoms with Crippen LogP contribution in [0, 0.1) is 0 Å². The second-order valence-corrected chi connectivity index (χ2v) is 10.8. The van der Waals surface area contributed by atoms with Crippen LogP contribution in [0.1, 0.15) is 194 Å². The van der Waals surface area contributed by atoms with Gasteiger partial charge in [0, 0.05) is 0 Å². The standard InChI is InChI=1S/2C16H35N.BrH.ClH/c2*1-2-3-4-5-6-7-8-9-10-11-12-13-14-15-16-17;;/h2*2-17H2,1H3;2*1H. The molecular formula is C32H72BrClN2. The maximum atomic E-state index is 5.47. The Morgan fingerprint density at radius 2 is 0.417 bits per heavy atom. The Labute approximate surface area is 246 Å². The van der Waals surface area contributed by atoms with Gasteiger partial charge < -0.3 is 11.5 Å². The fourth-order valence-electron chi connectivity index (χ4n) is 4.68. The van der Waals surface area contributed by atoms with Gasteiger partial charge in [-0.15, -0.1) is 29.4 Å². The highest BCUT2D eigenvalue weighted by atomic mass is 79.9. The summed E-state index contributed by atoms with van der Waals surface area (Å²) >= 11 is 0. The largest absolute Gasteiger partial charge is 0.330 e. The number of unbranched alkanes of at least 4 members (excludes halogenated alkanes) is 26. The molecule has 0 bridgehead atoms. The Balaban J connectivity index is -0.000000269. The van der Waals surface area contributed by atoms with Crippen LogP contribution in [0.2, 0.25) is 0 Å². The molecule has 0 spiro atoms. The van der Waals surface area contributed by atoms with Crippen molar-refractivity contribution in [3.05, 3.63) is 0 Å². The summed E-state index contributed by atoms with van der Waals surface area (Å²) in [5.74, 6) is 0. The van der Waals surface area contributed by atoms with Crippen LogP contribution in [0.4, 0.5) is 0 Å². The number of nitrogens with two attached hydrogens (primary N) is 2. The molecule has 0 aliphatic heterocycles. The van der Waals surface area contributed by atoms with Crippen LogP contribution >= 0.6 is 29.4 Å². The lowest BCUT2D eigenvalue weighted by Crippen LogP contribution is -1.97. The van der Waals surface area contributed by atoms with Gasteiger partial charge in [0.15, 0.2) is 0 Å². The molecule has 0 aromatic carbocycles. The summed E-state index contributed by atoms with van der Waals surface area (Å²) in [6, 6.07) is 0. The zero-order valence-corrected chi connectivity index (χ0v) is 27.7. The van der Waals surface area contributed by atoms with Crippen LogP contribution < -0.4 is 11.5 Å². The van der Waals surface area contributed by atoms with Crippen molar-refractivity contribution in [1.29, 1.82) is 0 Å². The van der Waals surface area contributed by atoms with E-state index in [9.17, 15) is 0 Å². The van der Waals surface area contributed by atoms with Gasteiger partial charge in [0.2, 0.25) is 0 Å². The Kier molecular flexibility index (Phi) is 55.4. The zero-order chi connectivity index (χ0) is 25.2. The van der Waals surface area contributed by atoms with Crippen LogP contribution in [0.25, 0.3) is 0 Å². The SMILES string of the molecule is Br.CCCCCCCCCCCCCCCCN.CCCCCCCCCCCCCCCCN.Cl. The quantitative estimate of drug-likeness (QED) is 0.0878. The van der Waals surface area contributed by atoms with Gasteiger partial charge in [-0.05, 0) is 25.9 Å². The molecule has 4 N–H and O–H groups in total.